The molecule has 0 saturated carbocycles. The summed E-state index contributed by atoms with van der Waals surface area (Å²) >= 11 is 3.97. The number of hydrogen-bond acceptors (Lipinski definition) is 4. The molecule has 11 rings (SSSR count). The van der Waals surface area contributed by atoms with Crippen LogP contribution >= 0.6 is 22.7 Å². The van der Waals surface area contributed by atoms with Crippen molar-refractivity contribution in [2.75, 3.05) is 9.80 Å². The van der Waals surface area contributed by atoms with Crippen molar-refractivity contribution in [3.05, 3.63) is 149 Å². The van der Waals surface area contributed by atoms with E-state index in [1.165, 1.54) is 108 Å². The summed E-state index contributed by atoms with van der Waals surface area (Å²) in [5.74, 6) is 0. The van der Waals surface area contributed by atoms with Crippen molar-refractivity contribution in [3.63, 3.8) is 0 Å². The van der Waals surface area contributed by atoms with E-state index in [0.29, 0.717) is 0 Å². The first-order valence-corrected chi connectivity index (χ1v) is 23.3. The van der Waals surface area contributed by atoms with Crippen LogP contribution in [-0.2, 0) is 21.7 Å². The number of nitrogens with zero attached hydrogens (tertiary/aromatic N) is 2. The minimum absolute atomic E-state index is 0.0260. The van der Waals surface area contributed by atoms with Crippen molar-refractivity contribution in [1.82, 2.24) is 0 Å². The van der Waals surface area contributed by atoms with E-state index >= 15 is 0 Å². The fraction of sp³-hybridized carbons (Fsp3) is 0.273. The van der Waals surface area contributed by atoms with Crippen LogP contribution < -0.4 is 25.5 Å². The third kappa shape index (κ3) is 5.37. The van der Waals surface area contributed by atoms with Gasteiger partial charge >= 0.3 is 0 Å². The van der Waals surface area contributed by atoms with Gasteiger partial charge in [-0.15, -0.1) is 22.7 Å². The zero-order valence-corrected chi connectivity index (χ0v) is 38.5. The second-order valence-electron chi connectivity index (χ2n) is 21.1. The standard InChI is InChI=1S/C55H53BN2S2/c1-52(2,3)32-19-24-35(25-20-32)57-43-17-14-18-44-48(43)56(50-49(57)40-30-38-37-15-12-13-16-41(37)55(10,11)42(38)31-46(40)59-50)47-39-29-34(54(7,8)9)23-28-45(39)60-51(47)58(44)36-26-21-33(22-27-36)53(4,5)6/h12-31H,1-11H3. The summed E-state index contributed by atoms with van der Waals surface area (Å²) in [5.41, 5.74) is 18.9. The van der Waals surface area contributed by atoms with Gasteiger partial charge in [-0.25, -0.2) is 0 Å². The molecule has 0 amide bonds. The van der Waals surface area contributed by atoms with Crippen LogP contribution in [0.25, 0.3) is 31.3 Å². The molecular weight excluding hydrogens is 764 g/mol. The Hall–Kier alpha value is -5.10. The Morgan fingerprint density at radius 3 is 1.70 bits per heavy atom. The van der Waals surface area contributed by atoms with E-state index in [1.807, 2.05) is 22.7 Å². The van der Waals surface area contributed by atoms with Crippen LogP contribution in [0, 0.1) is 0 Å². The van der Waals surface area contributed by atoms with Gasteiger partial charge in [0.2, 0.25) is 0 Å². The fourth-order valence-corrected chi connectivity index (χ4v) is 12.9. The van der Waals surface area contributed by atoms with Crippen molar-refractivity contribution in [3.8, 4) is 11.1 Å². The third-order valence-corrected chi connectivity index (χ3v) is 16.1. The Balaban J connectivity index is 1.25. The van der Waals surface area contributed by atoms with E-state index in [0.717, 1.165) is 0 Å². The van der Waals surface area contributed by atoms with Gasteiger partial charge in [-0.3, -0.25) is 0 Å². The van der Waals surface area contributed by atoms with Crippen molar-refractivity contribution >= 4 is 98.7 Å². The molecule has 0 saturated heterocycles. The molecule has 2 aliphatic heterocycles. The van der Waals surface area contributed by atoms with E-state index in [9.17, 15) is 0 Å². The lowest BCUT2D eigenvalue weighted by molar-refractivity contribution is 0.590. The molecule has 6 aromatic carbocycles. The van der Waals surface area contributed by atoms with Crippen molar-refractivity contribution in [2.45, 2.75) is 97.8 Å². The summed E-state index contributed by atoms with van der Waals surface area (Å²) in [6.45, 7) is 25.7. The summed E-state index contributed by atoms with van der Waals surface area (Å²) in [5, 5.41) is 4.06. The fourth-order valence-electron chi connectivity index (χ4n) is 10.3. The Kier molecular flexibility index (Phi) is 7.88. The smallest absolute Gasteiger partial charge is 0.266 e. The Morgan fingerprint density at radius 2 is 1.07 bits per heavy atom. The number of benzene rings is 6. The zero-order chi connectivity index (χ0) is 41.8. The van der Waals surface area contributed by atoms with Crippen LogP contribution in [0.2, 0.25) is 0 Å². The highest BCUT2D eigenvalue weighted by Crippen LogP contribution is 2.54. The summed E-state index contributed by atoms with van der Waals surface area (Å²) in [4.78, 5) is 5.21. The molecule has 0 unspecified atom stereocenters. The molecule has 0 fully saturated rings. The predicted octanol–water partition coefficient (Wildman–Crippen LogP) is 14.4. The molecule has 0 radical (unpaired) electrons. The molecule has 8 aromatic rings. The predicted molar refractivity (Wildman–Crippen MR) is 265 cm³/mol. The maximum Gasteiger partial charge on any atom is 0.266 e. The van der Waals surface area contributed by atoms with E-state index in [2.05, 4.69) is 207 Å². The van der Waals surface area contributed by atoms with Gasteiger partial charge in [-0.05, 0) is 126 Å². The molecule has 0 spiro atoms. The van der Waals surface area contributed by atoms with Crippen LogP contribution in [0.4, 0.5) is 33.4 Å². The summed E-state index contributed by atoms with van der Waals surface area (Å²) in [7, 11) is 0. The van der Waals surface area contributed by atoms with E-state index in [4.69, 9.17) is 0 Å². The largest absolute Gasteiger partial charge is 0.310 e. The molecule has 2 nitrogen and oxygen atoms in total. The molecule has 0 N–H and O–H groups in total. The van der Waals surface area contributed by atoms with Gasteiger partial charge in [0.15, 0.2) is 0 Å². The van der Waals surface area contributed by atoms with Crippen LogP contribution in [0.15, 0.2) is 121 Å². The van der Waals surface area contributed by atoms with Gasteiger partial charge in [0.25, 0.3) is 6.71 Å². The monoisotopic (exact) mass is 816 g/mol. The summed E-state index contributed by atoms with van der Waals surface area (Å²) < 4.78 is 4.14. The number of thiophene rings is 2. The van der Waals surface area contributed by atoms with Gasteiger partial charge in [-0.1, -0.05) is 143 Å². The van der Waals surface area contributed by atoms with Crippen LogP contribution in [-0.4, -0.2) is 6.71 Å². The van der Waals surface area contributed by atoms with Gasteiger partial charge < -0.3 is 9.80 Å². The average molecular weight is 817 g/mol. The normalized spacial score (nSPS) is 15.3. The van der Waals surface area contributed by atoms with Gasteiger partial charge in [0.05, 0.1) is 10.7 Å². The number of anilines is 6. The second-order valence-corrected chi connectivity index (χ2v) is 23.2. The Morgan fingerprint density at radius 1 is 0.483 bits per heavy atom. The minimum atomic E-state index is -0.0722. The second kappa shape index (κ2) is 12.5. The van der Waals surface area contributed by atoms with Gasteiger partial charge in [-0.2, -0.15) is 0 Å². The molecule has 298 valence electrons. The molecule has 60 heavy (non-hydrogen) atoms. The van der Waals surface area contributed by atoms with Crippen LogP contribution in [0.5, 0.6) is 0 Å². The van der Waals surface area contributed by atoms with Crippen molar-refractivity contribution in [1.29, 1.82) is 0 Å². The highest BCUT2D eigenvalue weighted by Gasteiger charge is 2.47. The van der Waals surface area contributed by atoms with E-state index in [-0.39, 0.29) is 28.4 Å². The number of fused-ring (bicyclic) bond motifs is 11. The lowest BCUT2D eigenvalue weighted by Crippen LogP contribution is -2.60. The molecule has 4 heterocycles. The number of rotatable bonds is 2. The lowest BCUT2D eigenvalue weighted by atomic mass is 9.36. The first-order valence-electron chi connectivity index (χ1n) is 21.6. The average Bonchev–Trinajstić information content (AvgIpc) is 3.84. The first-order chi connectivity index (χ1) is 28.4. The summed E-state index contributed by atoms with van der Waals surface area (Å²) in [6.07, 6.45) is 0. The van der Waals surface area contributed by atoms with Crippen LogP contribution in [0.1, 0.15) is 104 Å². The quantitative estimate of drug-likeness (QED) is 0.160. The maximum absolute atomic E-state index is 2.62. The lowest BCUT2D eigenvalue weighted by Gasteiger charge is -2.42. The molecule has 3 aliphatic rings. The van der Waals surface area contributed by atoms with Gasteiger partial charge in [0.1, 0.15) is 0 Å². The van der Waals surface area contributed by atoms with Crippen molar-refractivity contribution < 1.29 is 0 Å². The molecule has 0 atom stereocenters. The maximum atomic E-state index is 2.62. The van der Waals surface area contributed by atoms with E-state index < -0.39 is 0 Å². The molecule has 0 bridgehead atoms. The van der Waals surface area contributed by atoms with Crippen molar-refractivity contribution in [2.24, 2.45) is 0 Å². The highest BCUT2D eigenvalue weighted by atomic mass is 32.1. The number of hydrogen-bond donors (Lipinski definition) is 0. The first kappa shape index (κ1) is 37.9. The molecule has 2 aromatic heterocycles. The zero-order valence-electron chi connectivity index (χ0n) is 36.8. The third-order valence-electron chi connectivity index (χ3n) is 13.8. The SMILES string of the molecule is CC(C)(C)c1ccc(N2c3cccc4c3B(c3sc5cc6c(cc5c3N4c3ccc(C(C)(C)C)cc3)-c3ccccc3C6(C)C)c3c2sc2ccc(C(C)(C)C)cc32)cc1. The minimum Gasteiger partial charge on any atom is -0.310 e. The van der Waals surface area contributed by atoms with E-state index in [1.54, 1.807) is 0 Å². The molecule has 1 aliphatic carbocycles. The summed E-state index contributed by atoms with van der Waals surface area (Å²) in [6, 6.07) is 47.4. The Labute approximate surface area is 364 Å². The Bertz CT molecular complexity index is 3070. The molecular formula is C55H53BN2S2. The topological polar surface area (TPSA) is 6.48 Å². The molecule has 5 heteroatoms. The van der Waals surface area contributed by atoms with Gasteiger partial charge in [0, 0.05) is 47.7 Å². The highest BCUT2D eigenvalue weighted by molar-refractivity contribution is 7.35. The van der Waals surface area contributed by atoms with Crippen LogP contribution in [0.3, 0.4) is 0 Å².